The van der Waals surface area contributed by atoms with Crippen molar-refractivity contribution in [2.24, 2.45) is 5.41 Å². The lowest BCUT2D eigenvalue weighted by atomic mass is 9.95. The molecule has 1 saturated carbocycles. The molecule has 4 saturated heterocycles. The van der Waals surface area contributed by atoms with Gasteiger partial charge >= 0.3 is 6.01 Å². The number of ether oxygens (including phenoxy) is 1. The highest BCUT2D eigenvalue weighted by Gasteiger charge is 2.50. The number of phenols is 1. The third-order valence-corrected chi connectivity index (χ3v) is 11.4. The molecule has 9 rings (SSSR count). The molecule has 252 valence electrons. The lowest BCUT2D eigenvalue weighted by Crippen LogP contribution is -2.51. The number of piperazine rings is 1. The minimum absolute atomic E-state index is 0.0467. The molecule has 48 heavy (non-hydrogen) atoms. The van der Waals surface area contributed by atoms with Gasteiger partial charge in [-0.2, -0.15) is 9.97 Å². The monoisotopic (exact) mass is 665 g/mol. The van der Waals surface area contributed by atoms with E-state index in [1.807, 2.05) is 4.90 Å². The van der Waals surface area contributed by atoms with Crippen molar-refractivity contribution in [3.05, 3.63) is 53.6 Å². The van der Waals surface area contributed by atoms with Crippen LogP contribution in [0, 0.1) is 28.7 Å². The Bertz CT molecular complexity index is 1930. The Morgan fingerprint density at radius 1 is 0.896 bits per heavy atom. The van der Waals surface area contributed by atoms with Crippen LogP contribution in [-0.2, 0) is 0 Å². The first-order valence-electron chi connectivity index (χ1n) is 17.0. The molecule has 0 spiro atoms. The van der Waals surface area contributed by atoms with Crippen molar-refractivity contribution in [1.82, 2.24) is 20.2 Å². The lowest BCUT2D eigenvalue weighted by molar-refractivity contribution is 0.0527. The second-order valence-electron chi connectivity index (χ2n) is 14.7. The molecule has 4 atom stereocenters. The van der Waals surface area contributed by atoms with Crippen molar-refractivity contribution in [3.8, 4) is 22.9 Å². The van der Waals surface area contributed by atoms with E-state index in [2.05, 4.69) is 15.2 Å². The Morgan fingerprint density at radius 2 is 1.62 bits per heavy atom. The number of hydrogen-bond acceptors (Lipinski definition) is 7. The predicted molar refractivity (Wildman–Crippen MR) is 171 cm³/mol. The number of phenolic OH excluding ortho intramolecular Hbond substituents is 1. The summed E-state index contributed by atoms with van der Waals surface area (Å²) in [5.74, 6) is -4.56. The largest absolute Gasteiger partial charge is 0.508 e. The maximum absolute atomic E-state index is 16.8. The van der Waals surface area contributed by atoms with Gasteiger partial charge in [-0.3, -0.25) is 4.90 Å². The number of piperidine rings is 1. The van der Waals surface area contributed by atoms with Crippen LogP contribution in [0.25, 0.3) is 32.8 Å². The molecule has 0 amide bonds. The number of rotatable bonds is 7. The summed E-state index contributed by atoms with van der Waals surface area (Å²) in [5, 5.41) is 13.9. The van der Waals surface area contributed by atoms with E-state index in [4.69, 9.17) is 9.72 Å². The second kappa shape index (κ2) is 11.1. The molecule has 2 N–H and O–H groups in total. The van der Waals surface area contributed by atoms with E-state index in [1.165, 1.54) is 12.1 Å². The number of nitrogens with zero attached hydrogens (tertiary/aromatic N) is 4. The fourth-order valence-corrected chi connectivity index (χ4v) is 8.86. The van der Waals surface area contributed by atoms with Gasteiger partial charge < -0.3 is 20.1 Å². The van der Waals surface area contributed by atoms with Crippen LogP contribution in [0.15, 0.2) is 30.3 Å². The molecule has 1 aliphatic carbocycles. The normalized spacial score (nSPS) is 27.7. The van der Waals surface area contributed by atoms with Gasteiger partial charge in [0.2, 0.25) is 0 Å². The molecule has 5 heterocycles. The SMILES string of the molecule is Oc1cc(-c2c(F)cc3c(N4CC5CCC(C4)N5)nc(OCC4(CN5C6CCC5CC(F)C6)CC4)nc3c2F)c2c(F)c(F)ccc2c1. The third-order valence-electron chi connectivity index (χ3n) is 11.4. The number of anilines is 1. The Balaban J connectivity index is 1.12. The summed E-state index contributed by atoms with van der Waals surface area (Å²) in [6, 6.07) is 6.39. The van der Waals surface area contributed by atoms with Crippen LogP contribution in [0.5, 0.6) is 11.8 Å². The second-order valence-corrected chi connectivity index (χ2v) is 14.7. The zero-order valence-electron chi connectivity index (χ0n) is 26.3. The Labute approximate surface area is 274 Å². The zero-order chi connectivity index (χ0) is 32.9. The average molecular weight is 666 g/mol. The standard InChI is InChI=1S/C36H36F5N5O2/c37-19-10-22-4-5-23(11-19)46(22)16-36(7-8-36)17-48-35-43-33-26(34(44-35)45-14-20-2-3-21(15-45)42-20)13-28(39)30(32(33)41)25-12-24(47)9-18-1-6-27(38)31(40)29(18)25/h1,6,9,12-13,19-23,42,47H,2-5,7-8,10-11,14-17H2. The molecular formula is C36H36F5N5O2. The molecule has 0 radical (unpaired) electrons. The topological polar surface area (TPSA) is 73.8 Å². The third kappa shape index (κ3) is 5.05. The number of alkyl halides is 1. The first kappa shape index (κ1) is 30.3. The number of aromatic nitrogens is 2. The van der Waals surface area contributed by atoms with Crippen molar-refractivity contribution >= 4 is 27.5 Å². The average Bonchev–Trinajstić information content (AvgIpc) is 3.69. The molecule has 12 heteroatoms. The Hall–Kier alpha value is -3.77. The molecule has 5 fully saturated rings. The number of aromatic hydroxyl groups is 1. The molecule has 7 nitrogen and oxygen atoms in total. The quantitative estimate of drug-likeness (QED) is 0.211. The van der Waals surface area contributed by atoms with Crippen LogP contribution in [0.2, 0.25) is 0 Å². The van der Waals surface area contributed by atoms with E-state index < -0.39 is 35.0 Å². The van der Waals surface area contributed by atoms with Crippen LogP contribution in [0.4, 0.5) is 27.8 Å². The van der Waals surface area contributed by atoms with Gasteiger partial charge in [-0.1, -0.05) is 6.07 Å². The number of halogens is 5. The lowest BCUT2D eigenvalue weighted by Gasteiger charge is -2.38. The summed E-state index contributed by atoms with van der Waals surface area (Å²) in [6.45, 7) is 2.28. The minimum atomic E-state index is -1.27. The van der Waals surface area contributed by atoms with Crippen LogP contribution >= 0.6 is 0 Å². The summed E-state index contributed by atoms with van der Waals surface area (Å²) in [5.41, 5.74) is -1.30. The fraction of sp³-hybridized carbons (Fsp3) is 0.500. The van der Waals surface area contributed by atoms with E-state index in [0.29, 0.717) is 38.4 Å². The van der Waals surface area contributed by atoms with Gasteiger partial charge in [-0.05, 0) is 81.0 Å². The molecule has 4 aliphatic heterocycles. The number of nitrogens with one attached hydrogen (secondary N) is 1. The first-order chi connectivity index (χ1) is 23.1. The highest BCUT2D eigenvalue weighted by molar-refractivity contribution is 6.02. The number of fused-ring (bicyclic) bond motifs is 6. The van der Waals surface area contributed by atoms with Crippen molar-refractivity contribution in [2.45, 2.75) is 81.7 Å². The molecule has 5 aliphatic rings. The Morgan fingerprint density at radius 3 is 2.33 bits per heavy atom. The van der Waals surface area contributed by atoms with Crippen molar-refractivity contribution < 1.29 is 31.8 Å². The van der Waals surface area contributed by atoms with Crippen molar-refractivity contribution in [2.75, 3.05) is 31.1 Å². The maximum Gasteiger partial charge on any atom is 0.319 e. The summed E-state index contributed by atoms with van der Waals surface area (Å²) >= 11 is 0. The highest BCUT2D eigenvalue weighted by atomic mass is 19.2. The van der Waals surface area contributed by atoms with Gasteiger partial charge in [0.15, 0.2) is 17.5 Å². The van der Waals surface area contributed by atoms with E-state index in [-0.39, 0.29) is 68.6 Å². The van der Waals surface area contributed by atoms with Crippen LogP contribution < -0.4 is 15.0 Å². The molecule has 4 aromatic rings. The van der Waals surface area contributed by atoms with E-state index in [0.717, 1.165) is 63.3 Å². The van der Waals surface area contributed by atoms with Gasteiger partial charge in [-0.25, -0.2) is 22.0 Å². The minimum Gasteiger partial charge on any atom is -0.508 e. The summed E-state index contributed by atoms with van der Waals surface area (Å²) < 4.78 is 83.0. The fourth-order valence-electron chi connectivity index (χ4n) is 8.86. The molecule has 4 unspecified atom stereocenters. The Kier molecular flexibility index (Phi) is 7.03. The van der Waals surface area contributed by atoms with Gasteiger partial charge in [0.25, 0.3) is 0 Å². The van der Waals surface area contributed by atoms with Crippen LogP contribution in [0.1, 0.15) is 51.4 Å². The molecule has 1 aromatic heterocycles. The van der Waals surface area contributed by atoms with Crippen molar-refractivity contribution in [3.63, 3.8) is 0 Å². The molecular weight excluding hydrogens is 629 g/mol. The van der Waals surface area contributed by atoms with E-state index in [9.17, 15) is 13.9 Å². The zero-order valence-corrected chi connectivity index (χ0v) is 26.3. The summed E-state index contributed by atoms with van der Waals surface area (Å²) in [4.78, 5) is 13.7. The first-order valence-corrected chi connectivity index (χ1v) is 17.0. The van der Waals surface area contributed by atoms with Crippen LogP contribution in [0.3, 0.4) is 0 Å². The van der Waals surface area contributed by atoms with Gasteiger partial charge in [-0.15, -0.1) is 0 Å². The van der Waals surface area contributed by atoms with Gasteiger partial charge in [0.1, 0.15) is 29.1 Å². The van der Waals surface area contributed by atoms with Gasteiger partial charge in [0.05, 0.1) is 12.2 Å². The van der Waals surface area contributed by atoms with Gasteiger partial charge in [0, 0.05) is 65.6 Å². The number of hydrogen-bond donors (Lipinski definition) is 2. The summed E-state index contributed by atoms with van der Waals surface area (Å²) in [6.07, 6.45) is 6.27. The van der Waals surface area contributed by atoms with E-state index >= 15 is 13.2 Å². The van der Waals surface area contributed by atoms with E-state index in [1.54, 1.807) is 0 Å². The highest BCUT2D eigenvalue weighted by Crippen LogP contribution is 2.50. The van der Waals surface area contributed by atoms with Crippen molar-refractivity contribution in [1.29, 1.82) is 0 Å². The smallest absolute Gasteiger partial charge is 0.319 e. The number of benzene rings is 3. The van der Waals surface area contributed by atoms with Crippen LogP contribution in [-0.4, -0.2) is 76.6 Å². The molecule has 4 bridgehead atoms. The predicted octanol–water partition coefficient (Wildman–Crippen LogP) is 6.78. The maximum atomic E-state index is 16.8. The summed E-state index contributed by atoms with van der Waals surface area (Å²) in [7, 11) is 0. The molecule has 3 aromatic carbocycles.